The normalized spacial score (nSPS) is 21.2. The van der Waals surface area contributed by atoms with Gasteiger partial charge in [-0.15, -0.1) is 10.2 Å². The van der Waals surface area contributed by atoms with Gasteiger partial charge >= 0.3 is 11.9 Å². The lowest BCUT2D eigenvalue weighted by molar-refractivity contribution is -0.384. The Morgan fingerprint density at radius 3 is 2.65 bits per heavy atom. The van der Waals surface area contributed by atoms with Crippen molar-refractivity contribution in [3.8, 4) is 22.7 Å². The average molecular weight is 593 g/mol. The number of benzene rings is 1. The van der Waals surface area contributed by atoms with Crippen LogP contribution in [0.15, 0.2) is 77.5 Å². The first kappa shape index (κ1) is 28.5. The van der Waals surface area contributed by atoms with Gasteiger partial charge in [-0.05, 0) is 55.4 Å². The molecule has 0 radical (unpaired) electrons. The summed E-state index contributed by atoms with van der Waals surface area (Å²) in [4.78, 5) is 22.4. The van der Waals surface area contributed by atoms with Gasteiger partial charge in [0.25, 0.3) is 11.8 Å². The van der Waals surface area contributed by atoms with E-state index in [1.165, 1.54) is 6.07 Å². The second-order valence-corrected chi connectivity index (χ2v) is 10.5. The summed E-state index contributed by atoms with van der Waals surface area (Å²) in [5.74, 6) is -0.891. The first-order valence-corrected chi connectivity index (χ1v) is 13.9. The standard InChI is InChI=1S/C30H27F3N6O4/c31-30(32,33)29(42-19-20-8-3-1-4-9-20)14-6-2-5-10-22-11-7-17-38(22)26-23(21-12-15-34-16-13-21)18-24(39(40)41)25(35-26)27-36-37-28(29)43-27/h1-5,8-9,12-13,15-16,18,22H,6-7,10-11,14,17,19H2/b5-2-/t22-,29?/m1/s1. The van der Waals surface area contributed by atoms with E-state index in [1.54, 1.807) is 60.9 Å². The molecule has 1 fully saturated rings. The molecule has 4 bridgehead atoms. The number of hydrogen-bond donors (Lipinski definition) is 0. The highest BCUT2D eigenvalue weighted by Gasteiger charge is 2.61. The molecule has 1 saturated heterocycles. The second-order valence-electron chi connectivity index (χ2n) is 10.5. The first-order chi connectivity index (χ1) is 20.8. The van der Waals surface area contributed by atoms with Gasteiger partial charge in [-0.3, -0.25) is 15.1 Å². The highest BCUT2D eigenvalue weighted by atomic mass is 19.4. The quantitative estimate of drug-likeness (QED) is 0.140. The lowest BCUT2D eigenvalue weighted by Gasteiger charge is -2.32. The molecule has 43 heavy (non-hydrogen) atoms. The zero-order valence-electron chi connectivity index (χ0n) is 22.9. The number of fused-ring (bicyclic) bond motifs is 7. The molecule has 10 nitrogen and oxygen atoms in total. The van der Waals surface area contributed by atoms with Gasteiger partial charge in [-0.1, -0.05) is 42.5 Å². The number of pyridine rings is 2. The number of anilines is 1. The van der Waals surface area contributed by atoms with Crippen LogP contribution >= 0.6 is 0 Å². The number of nitro groups is 1. The summed E-state index contributed by atoms with van der Waals surface area (Å²) in [5.41, 5.74) is -2.07. The summed E-state index contributed by atoms with van der Waals surface area (Å²) >= 11 is 0. The Morgan fingerprint density at radius 1 is 1.12 bits per heavy atom. The van der Waals surface area contributed by atoms with Crippen LogP contribution in [0.4, 0.5) is 24.7 Å². The molecule has 222 valence electrons. The molecule has 0 saturated carbocycles. The van der Waals surface area contributed by atoms with E-state index in [4.69, 9.17) is 9.15 Å². The van der Waals surface area contributed by atoms with Crippen molar-refractivity contribution in [2.24, 2.45) is 0 Å². The van der Waals surface area contributed by atoms with Crippen molar-refractivity contribution < 1.29 is 27.2 Å². The molecule has 1 aromatic carbocycles. The average Bonchev–Trinajstić information content (AvgIpc) is 3.68. The highest BCUT2D eigenvalue weighted by Crippen LogP contribution is 2.47. The summed E-state index contributed by atoms with van der Waals surface area (Å²) in [7, 11) is 0. The van der Waals surface area contributed by atoms with Gasteiger partial charge in [0.1, 0.15) is 5.82 Å². The van der Waals surface area contributed by atoms with E-state index in [0.29, 0.717) is 35.5 Å². The zero-order chi connectivity index (χ0) is 30.0. The SMILES string of the molecule is O=[N+]([O-])c1cc(-c2ccncc2)c2nc1-c1nnc(o1)C(OCc1ccccc1)(C(F)(F)F)CC/C=C\C[C@@H]1CCCN21. The number of hydrogen-bond acceptors (Lipinski definition) is 9. The van der Waals surface area contributed by atoms with E-state index < -0.39 is 40.6 Å². The third-order valence-electron chi connectivity index (χ3n) is 7.82. The van der Waals surface area contributed by atoms with Crippen LogP contribution in [0.1, 0.15) is 43.6 Å². The molecule has 4 aromatic rings. The van der Waals surface area contributed by atoms with Crippen molar-refractivity contribution in [3.05, 3.63) is 94.6 Å². The van der Waals surface area contributed by atoms with Crippen molar-refractivity contribution in [1.29, 1.82) is 0 Å². The van der Waals surface area contributed by atoms with Crippen LogP contribution in [-0.2, 0) is 16.9 Å². The summed E-state index contributed by atoms with van der Waals surface area (Å²) in [6, 6.07) is 13.2. The molecule has 2 aliphatic rings. The molecule has 2 aliphatic heterocycles. The van der Waals surface area contributed by atoms with Crippen LogP contribution in [0.2, 0.25) is 0 Å². The van der Waals surface area contributed by atoms with Gasteiger partial charge in [0.2, 0.25) is 11.3 Å². The highest BCUT2D eigenvalue weighted by molar-refractivity contribution is 5.82. The molecule has 2 atom stereocenters. The van der Waals surface area contributed by atoms with Gasteiger partial charge in [0, 0.05) is 36.6 Å². The topological polar surface area (TPSA) is 120 Å². The van der Waals surface area contributed by atoms with E-state index in [2.05, 4.69) is 25.1 Å². The van der Waals surface area contributed by atoms with Crippen LogP contribution in [0.25, 0.3) is 22.7 Å². The Morgan fingerprint density at radius 2 is 1.91 bits per heavy atom. The molecule has 0 spiro atoms. The number of nitrogens with zero attached hydrogens (tertiary/aromatic N) is 6. The fourth-order valence-corrected chi connectivity index (χ4v) is 5.62. The van der Waals surface area contributed by atoms with Gasteiger partial charge in [-0.25, -0.2) is 4.98 Å². The van der Waals surface area contributed by atoms with E-state index >= 15 is 0 Å². The number of alkyl halides is 3. The van der Waals surface area contributed by atoms with Crippen LogP contribution in [0.3, 0.4) is 0 Å². The lowest BCUT2D eigenvalue weighted by Crippen LogP contribution is -2.45. The minimum Gasteiger partial charge on any atom is -0.415 e. The van der Waals surface area contributed by atoms with E-state index in [0.717, 1.165) is 12.8 Å². The van der Waals surface area contributed by atoms with Crippen LogP contribution in [0.5, 0.6) is 0 Å². The summed E-state index contributed by atoms with van der Waals surface area (Å²) in [5, 5.41) is 19.9. The molecule has 5 heterocycles. The Balaban J connectivity index is 1.54. The largest absolute Gasteiger partial charge is 0.426 e. The maximum absolute atomic E-state index is 15.0. The first-order valence-electron chi connectivity index (χ1n) is 13.9. The molecule has 0 N–H and O–H groups in total. The fourth-order valence-electron chi connectivity index (χ4n) is 5.62. The molecule has 1 unspecified atom stereocenters. The third-order valence-corrected chi connectivity index (χ3v) is 7.82. The van der Waals surface area contributed by atoms with Crippen molar-refractivity contribution in [2.45, 2.75) is 56.5 Å². The van der Waals surface area contributed by atoms with E-state index in [1.807, 2.05) is 6.08 Å². The minimum atomic E-state index is -4.95. The van der Waals surface area contributed by atoms with E-state index in [-0.39, 0.29) is 24.8 Å². The minimum absolute atomic E-state index is 0.0125. The van der Waals surface area contributed by atoms with Crippen LogP contribution in [0, 0.1) is 10.1 Å². The molecule has 0 aliphatic carbocycles. The Bertz CT molecular complexity index is 1630. The maximum atomic E-state index is 15.0. The van der Waals surface area contributed by atoms with Crippen LogP contribution in [-0.4, -0.2) is 43.9 Å². The number of halogens is 3. The van der Waals surface area contributed by atoms with Crippen molar-refractivity contribution in [2.75, 3.05) is 11.4 Å². The molecule has 0 amide bonds. The molecular formula is C30H27F3N6O4. The molecule has 13 heteroatoms. The third kappa shape index (κ3) is 5.47. The summed E-state index contributed by atoms with van der Waals surface area (Å²) in [6.07, 6.45) is 3.51. The molecule has 3 aromatic heterocycles. The summed E-state index contributed by atoms with van der Waals surface area (Å²) < 4.78 is 56.2. The Hall–Kier alpha value is -4.65. The fraction of sp³-hybridized carbons (Fsp3) is 0.333. The number of ether oxygens (including phenoxy) is 1. The number of allylic oxidation sites excluding steroid dienone is 1. The van der Waals surface area contributed by atoms with Crippen molar-refractivity contribution >= 4 is 11.5 Å². The van der Waals surface area contributed by atoms with Gasteiger partial charge in [-0.2, -0.15) is 13.2 Å². The Labute approximate surface area is 244 Å². The molecule has 6 rings (SSSR count). The van der Waals surface area contributed by atoms with Crippen LogP contribution < -0.4 is 4.90 Å². The predicted octanol–water partition coefficient (Wildman–Crippen LogP) is 6.79. The van der Waals surface area contributed by atoms with Gasteiger partial charge in [0.05, 0.1) is 11.5 Å². The van der Waals surface area contributed by atoms with E-state index in [9.17, 15) is 23.3 Å². The second kappa shape index (κ2) is 11.6. The number of aromatic nitrogens is 4. The predicted molar refractivity (Wildman–Crippen MR) is 150 cm³/mol. The van der Waals surface area contributed by atoms with Crippen molar-refractivity contribution in [1.82, 2.24) is 20.2 Å². The molecular weight excluding hydrogens is 565 g/mol. The Kier molecular flexibility index (Phi) is 7.65. The van der Waals surface area contributed by atoms with Gasteiger partial charge in [0.15, 0.2) is 0 Å². The monoisotopic (exact) mass is 592 g/mol. The van der Waals surface area contributed by atoms with Crippen molar-refractivity contribution in [3.63, 3.8) is 0 Å². The lowest BCUT2D eigenvalue weighted by atomic mass is 9.95. The smallest absolute Gasteiger partial charge is 0.415 e. The van der Waals surface area contributed by atoms with Gasteiger partial charge < -0.3 is 14.1 Å². The number of rotatable bonds is 5. The maximum Gasteiger partial charge on any atom is 0.426 e. The summed E-state index contributed by atoms with van der Waals surface area (Å²) in [6.45, 7) is 0.280. The zero-order valence-corrected chi connectivity index (χ0v) is 22.9.